The molecule has 1 amide bonds. The minimum Gasteiger partial charge on any atom is -0.507 e. The fourth-order valence-electron chi connectivity index (χ4n) is 2.43. The first-order chi connectivity index (χ1) is 11.1. The van der Waals surface area contributed by atoms with E-state index in [0.717, 1.165) is 10.8 Å². The van der Waals surface area contributed by atoms with Gasteiger partial charge in [0.2, 0.25) is 5.91 Å². The molecule has 0 spiro atoms. The molecule has 3 rings (SSSR count). The molecule has 3 aromatic carbocycles. The van der Waals surface area contributed by atoms with Crippen molar-refractivity contribution in [2.45, 2.75) is 6.92 Å². The lowest BCUT2D eigenvalue weighted by atomic mass is 10.0. The zero-order chi connectivity index (χ0) is 16.2. The molecule has 0 fully saturated rings. The van der Waals surface area contributed by atoms with Gasteiger partial charge in [0.25, 0.3) is 0 Å². The summed E-state index contributed by atoms with van der Waals surface area (Å²) in [6, 6.07) is 18.6. The number of hydrogen-bond donors (Lipinski definition) is 2. The van der Waals surface area contributed by atoms with E-state index in [0.29, 0.717) is 16.9 Å². The van der Waals surface area contributed by atoms with E-state index in [1.807, 2.05) is 42.5 Å². The number of phenolic OH excluding ortho intramolecular Hbond substituents is 1. The monoisotopic (exact) mass is 304 g/mol. The second-order valence-corrected chi connectivity index (χ2v) is 5.21. The van der Waals surface area contributed by atoms with Crippen molar-refractivity contribution in [3.05, 3.63) is 66.2 Å². The molecule has 2 N–H and O–H groups in total. The number of fused-ring (bicyclic) bond motifs is 1. The Morgan fingerprint density at radius 1 is 1.09 bits per heavy atom. The summed E-state index contributed by atoms with van der Waals surface area (Å²) in [7, 11) is 0. The summed E-state index contributed by atoms with van der Waals surface area (Å²) >= 11 is 0. The molecule has 0 saturated heterocycles. The zero-order valence-corrected chi connectivity index (χ0v) is 12.7. The number of amides is 1. The molecule has 0 bridgehead atoms. The van der Waals surface area contributed by atoms with Gasteiger partial charge in [0.05, 0.1) is 5.69 Å². The number of nitrogens with zero attached hydrogens (tertiary/aromatic N) is 1. The quantitative estimate of drug-likeness (QED) is 0.710. The Morgan fingerprint density at radius 2 is 1.91 bits per heavy atom. The van der Waals surface area contributed by atoms with Gasteiger partial charge in [-0.2, -0.15) is 0 Å². The fraction of sp³-hybridized carbons (Fsp3) is 0.0526. The number of benzene rings is 3. The first-order valence-corrected chi connectivity index (χ1v) is 7.26. The average Bonchev–Trinajstić information content (AvgIpc) is 2.54. The van der Waals surface area contributed by atoms with E-state index in [4.69, 9.17) is 0 Å². The lowest BCUT2D eigenvalue weighted by Gasteiger charge is -2.05. The van der Waals surface area contributed by atoms with E-state index in [1.54, 1.807) is 24.4 Å². The fourth-order valence-corrected chi connectivity index (χ4v) is 2.43. The van der Waals surface area contributed by atoms with E-state index < -0.39 is 0 Å². The smallest absolute Gasteiger partial charge is 0.221 e. The van der Waals surface area contributed by atoms with Crippen LogP contribution in [-0.4, -0.2) is 17.2 Å². The SMILES string of the molecule is CC(=O)Nc1cccc(N=Cc2c(O)ccc3ccccc23)c1. The molecule has 114 valence electrons. The number of aliphatic imine (C=N–C) groups is 1. The van der Waals surface area contributed by atoms with Crippen LogP contribution in [0.1, 0.15) is 12.5 Å². The molecule has 3 aromatic rings. The first kappa shape index (κ1) is 14.8. The van der Waals surface area contributed by atoms with Crippen LogP contribution >= 0.6 is 0 Å². The Balaban J connectivity index is 1.97. The minimum atomic E-state index is -0.127. The summed E-state index contributed by atoms with van der Waals surface area (Å²) in [6.45, 7) is 1.46. The van der Waals surface area contributed by atoms with Crippen molar-refractivity contribution in [2.75, 3.05) is 5.32 Å². The van der Waals surface area contributed by atoms with Gasteiger partial charge in [-0.25, -0.2) is 0 Å². The largest absolute Gasteiger partial charge is 0.507 e. The third kappa shape index (κ3) is 3.37. The highest BCUT2D eigenvalue weighted by Crippen LogP contribution is 2.26. The normalized spacial score (nSPS) is 11.0. The van der Waals surface area contributed by atoms with Crippen molar-refractivity contribution < 1.29 is 9.90 Å². The van der Waals surface area contributed by atoms with Gasteiger partial charge in [-0.1, -0.05) is 36.4 Å². The molecule has 0 atom stereocenters. The van der Waals surface area contributed by atoms with Crippen molar-refractivity contribution in [1.82, 2.24) is 0 Å². The maximum atomic E-state index is 11.1. The Labute approximate surface area is 134 Å². The predicted octanol–water partition coefficient (Wildman–Crippen LogP) is 4.25. The highest BCUT2D eigenvalue weighted by Gasteiger charge is 2.04. The molecule has 0 aliphatic carbocycles. The molecular weight excluding hydrogens is 288 g/mol. The van der Waals surface area contributed by atoms with Crippen molar-refractivity contribution in [3.8, 4) is 5.75 Å². The summed E-state index contributed by atoms with van der Waals surface area (Å²) in [5.74, 6) is 0.0586. The highest BCUT2D eigenvalue weighted by atomic mass is 16.3. The van der Waals surface area contributed by atoms with Crippen LogP contribution in [0.3, 0.4) is 0 Å². The molecule has 0 unspecified atom stereocenters. The van der Waals surface area contributed by atoms with E-state index in [2.05, 4.69) is 10.3 Å². The van der Waals surface area contributed by atoms with E-state index in [1.165, 1.54) is 6.92 Å². The third-order valence-electron chi connectivity index (χ3n) is 3.46. The van der Waals surface area contributed by atoms with Crippen molar-refractivity contribution in [1.29, 1.82) is 0 Å². The minimum absolute atomic E-state index is 0.127. The lowest BCUT2D eigenvalue weighted by Crippen LogP contribution is -2.05. The number of carbonyl (C=O) groups excluding carboxylic acids is 1. The van der Waals surface area contributed by atoms with E-state index >= 15 is 0 Å². The van der Waals surface area contributed by atoms with Gasteiger partial charge in [0.15, 0.2) is 0 Å². The van der Waals surface area contributed by atoms with Crippen LogP contribution in [0.25, 0.3) is 10.8 Å². The van der Waals surface area contributed by atoms with Crippen molar-refractivity contribution in [3.63, 3.8) is 0 Å². The number of anilines is 1. The van der Waals surface area contributed by atoms with Crippen LogP contribution in [0.2, 0.25) is 0 Å². The topological polar surface area (TPSA) is 61.7 Å². The van der Waals surface area contributed by atoms with E-state index in [9.17, 15) is 9.90 Å². The zero-order valence-electron chi connectivity index (χ0n) is 12.7. The van der Waals surface area contributed by atoms with Crippen molar-refractivity contribution >= 4 is 34.3 Å². The van der Waals surface area contributed by atoms with Crippen LogP contribution in [0, 0.1) is 0 Å². The maximum absolute atomic E-state index is 11.1. The van der Waals surface area contributed by atoms with E-state index in [-0.39, 0.29) is 11.7 Å². The average molecular weight is 304 g/mol. The van der Waals surface area contributed by atoms with Crippen LogP contribution in [0.4, 0.5) is 11.4 Å². The molecule has 4 nitrogen and oxygen atoms in total. The molecule has 0 heterocycles. The molecule has 0 aliphatic heterocycles. The van der Waals surface area contributed by atoms with Gasteiger partial charge >= 0.3 is 0 Å². The summed E-state index contributed by atoms with van der Waals surface area (Å²) < 4.78 is 0. The Morgan fingerprint density at radius 3 is 2.74 bits per heavy atom. The van der Waals surface area contributed by atoms with Gasteiger partial charge in [0.1, 0.15) is 5.75 Å². The summed E-state index contributed by atoms with van der Waals surface area (Å²) in [5, 5.41) is 14.8. The van der Waals surface area contributed by atoms with Gasteiger partial charge in [-0.15, -0.1) is 0 Å². The first-order valence-electron chi connectivity index (χ1n) is 7.26. The molecule has 0 aromatic heterocycles. The van der Waals surface area contributed by atoms with Gasteiger partial charge in [-0.3, -0.25) is 9.79 Å². The van der Waals surface area contributed by atoms with Crippen LogP contribution < -0.4 is 5.32 Å². The number of nitrogens with one attached hydrogen (secondary N) is 1. The van der Waals surface area contributed by atoms with Gasteiger partial charge < -0.3 is 10.4 Å². The number of carbonyl (C=O) groups is 1. The van der Waals surface area contributed by atoms with Gasteiger partial charge in [-0.05, 0) is 35.0 Å². The molecule has 0 aliphatic rings. The molecule has 23 heavy (non-hydrogen) atoms. The third-order valence-corrected chi connectivity index (χ3v) is 3.46. The highest BCUT2D eigenvalue weighted by molar-refractivity contribution is 6.03. The molecule has 0 radical (unpaired) electrons. The van der Waals surface area contributed by atoms with Gasteiger partial charge in [0, 0.05) is 24.4 Å². The molecule has 0 saturated carbocycles. The second-order valence-electron chi connectivity index (χ2n) is 5.21. The summed E-state index contributed by atoms with van der Waals surface area (Å²) in [4.78, 5) is 15.5. The summed E-state index contributed by atoms with van der Waals surface area (Å²) in [6.07, 6.45) is 1.64. The van der Waals surface area contributed by atoms with Crippen LogP contribution in [0.15, 0.2) is 65.7 Å². The number of phenols is 1. The summed E-state index contributed by atoms with van der Waals surface area (Å²) in [5.41, 5.74) is 2.06. The maximum Gasteiger partial charge on any atom is 0.221 e. The Bertz CT molecular complexity index is 901. The van der Waals surface area contributed by atoms with Crippen LogP contribution in [0.5, 0.6) is 5.75 Å². The van der Waals surface area contributed by atoms with Crippen molar-refractivity contribution in [2.24, 2.45) is 4.99 Å². The standard InChI is InChI=1S/C19H16N2O2/c1-13(22)21-16-7-4-6-15(11-16)20-12-18-17-8-3-2-5-14(17)9-10-19(18)23/h2-12,23H,1H3,(H,21,22). The molecule has 4 heteroatoms. The lowest BCUT2D eigenvalue weighted by molar-refractivity contribution is -0.114. The Kier molecular flexibility index (Phi) is 4.06. The number of hydrogen-bond acceptors (Lipinski definition) is 3. The number of rotatable bonds is 3. The van der Waals surface area contributed by atoms with Crippen LogP contribution in [-0.2, 0) is 4.79 Å². The Hall–Kier alpha value is -3.14. The number of aromatic hydroxyl groups is 1. The molecular formula is C19H16N2O2. The second kappa shape index (κ2) is 6.32. The predicted molar refractivity (Wildman–Crippen MR) is 93.6 cm³/mol.